The Balaban J connectivity index is 1.72. The zero-order valence-electron chi connectivity index (χ0n) is 14.4. The maximum absolute atomic E-state index is 12.1. The van der Waals surface area contributed by atoms with Gasteiger partial charge in [0.15, 0.2) is 0 Å². The largest absolute Gasteiger partial charge is 0.494 e. The second-order valence-electron chi connectivity index (χ2n) is 5.94. The Kier molecular flexibility index (Phi) is 7.36. The van der Waals surface area contributed by atoms with Gasteiger partial charge in [-0.2, -0.15) is 0 Å². The SMILES string of the molecule is CCOc1ccc(CN2CCN(C(=O)CCCNC)CC2)cc1. The monoisotopic (exact) mass is 319 g/mol. The number of ether oxygens (including phenoxy) is 1. The molecular formula is C18H29N3O2. The fraction of sp³-hybridized carbons (Fsp3) is 0.611. The van der Waals surface area contributed by atoms with Gasteiger partial charge in [0.2, 0.25) is 5.91 Å². The van der Waals surface area contributed by atoms with Crippen LogP contribution in [0.2, 0.25) is 0 Å². The Hall–Kier alpha value is -1.59. The van der Waals surface area contributed by atoms with Crippen molar-refractivity contribution in [1.29, 1.82) is 0 Å². The van der Waals surface area contributed by atoms with Gasteiger partial charge in [-0.25, -0.2) is 0 Å². The van der Waals surface area contributed by atoms with Crippen LogP contribution in [0.25, 0.3) is 0 Å². The highest BCUT2D eigenvalue weighted by molar-refractivity contribution is 5.76. The van der Waals surface area contributed by atoms with Crippen LogP contribution < -0.4 is 10.1 Å². The third kappa shape index (κ3) is 5.84. The minimum Gasteiger partial charge on any atom is -0.494 e. The predicted octanol–water partition coefficient (Wildman–Crippen LogP) is 1.73. The second-order valence-corrected chi connectivity index (χ2v) is 5.94. The van der Waals surface area contributed by atoms with Gasteiger partial charge in [0.25, 0.3) is 0 Å². The quantitative estimate of drug-likeness (QED) is 0.741. The lowest BCUT2D eigenvalue weighted by atomic mass is 10.2. The van der Waals surface area contributed by atoms with Gasteiger partial charge in [-0.3, -0.25) is 9.69 Å². The van der Waals surface area contributed by atoms with Crippen molar-refractivity contribution in [2.75, 3.05) is 46.4 Å². The summed E-state index contributed by atoms with van der Waals surface area (Å²) in [7, 11) is 1.92. The average molecular weight is 319 g/mol. The van der Waals surface area contributed by atoms with E-state index >= 15 is 0 Å². The Labute approximate surface area is 139 Å². The van der Waals surface area contributed by atoms with Gasteiger partial charge in [-0.05, 0) is 44.6 Å². The number of nitrogens with one attached hydrogen (secondary N) is 1. The molecule has 1 fully saturated rings. The van der Waals surface area contributed by atoms with Crippen molar-refractivity contribution in [2.24, 2.45) is 0 Å². The van der Waals surface area contributed by atoms with E-state index in [-0.39, 0.29) is 0 Å². The normalized spacial score (nSPS) is 15.7. The molecule has 5 nitrogen and oxygen atoms in total. The van der Waals surface area contributed by atoms with Crippen LogP contribution in [-0.4, -0.2) is 62.1 Å². The molecule has 1 aromatic carbocycles. The summed E-state index contributed by atoms with van der Waals surface area (Å²) >= 11 is 0. The summed E-state index contributed by atoms with van der Waals surface area (Å²) in [5.74, 6) is 1.22. The summed E-state index contributed by atoms with van der Waals surface area (Å²) in [5, 5.41) is 3.08. The zero-order valence-corrected chi connectivity index (χ0v) is 14.4. The van der Waals surface area contributed by atoms with Gasteiger partial charge >= 0.3 is 0 Å². The summed E-state index contributed by atoms with van der Waals surface area (Å²) in [6, 6.07) is 8.31. The summed E-state index contributed by atoms with van der Waals surface area (Å²) in [5.41, 5.74) is 1.29. The van der Waals surface area contributed by atoms with Crippen LogP contribution in [0, 0.1) is 0 Å². The third-order valence-electron chi connectivity index (χ3n) is 4.18. The van der Waals surface area contributed by atoms with E-state index in [1.54, 1.807) is 0 Å². The van der Waals surface area contributed by atoms with E-state index in [0.29, 0.717) is 18.9 Å². The van der Waals surface area contributed by atoms with E-state index in [9.17, 15) is 4.79 Å². The van der Waals surface area contributed by atoms with Gasteiger partial charge in [0.1, 0.15) is 5.75 Å². The smallest absolute Gasteiger partial charge is 0.222 e. The number of piperazine rings is 1. The van der Waals surface area contributed by atoms with Crippen LogP contribution in [0.1, 0.15) is 25.3 Å². The maximum Gasteiger partial charge on any atom is 0.222 e. The van der Waals surface area contributed by atoms with Crippen LogP contribution in [0.15, 0.2) is 24.3 Å². The van der Waals surface area contributed by atoms with Crippen LogP contribution in [0.5, 0.6) is 5.75 Å². The van der Waals surface area contributed by atoms with Crippen molar-refractivity contribution < 1.29 is 9.53 Å². The molecule has 2 rings (SSSR count). The van der Waals surface area contributed by atoms with Crippen LogP contribution in [-0.2, 0) is 11.3 Å². The van der Waals surface area contributed by atoms with Crippen LogP contribution in [0.4, 0.5) is 0 Å². The minimum absolute atomic E-state index is 0.293. The number of rotatable bonds is 8. The van der Waals surface area contributed by atoms with Crippen molar-refractivity contribution in [3.8, 4) is 5.75 Å². The molecule has 128 valence electrons. The third-order valence-corrected chi connectivity index (χ3v) is 4.18. The van der Waals surface area contributed by atoms with E-state index in [4.69, 9.17) is 4.74 Å². The standard InChI is InChI=1S/C18H29N3O2/c1-3-23-17-8-6-16(7-9-17)15-20-11-13-21(14-12-20)18(22)5-4-10-19-2/h6-9,19H,3-5,10-15H2,1-2H3. The van der Waals surface area contributed by atoms with Crippen molar-refractivity contribution in [1.82, 2.24) is 15.1 Å². The van der Waals surface area contributed by atoms with E-state index in [1.165, 1.54) is 5.56 Å². The summed E-state index contributed by atoms with van der Waals surface area (Å²) in [6.07, 6.45) is 1.57. The molecule has 0 aliphatic carbocycles. The lowest BCUT2D eigenvalue weighted by molar-refractivity contribution is -0.133. The second kappa shape index (κ2) is 9.53. The molecule has 0 saturated carbocycles. The fourth-order valence-electron chi connectivity index (χ4n) is 2.85. The number of hydrogen-bond acceptors (Lipinski definition) is 4. The molecule has 23 heavy (non-hydrogen) atoms. The first-order valence-corrected chi connectivity index (χ1v) is 8.59. The number of nitrogens with zero attached hydrogens (tertiary/aromatic N) is 2. The van der Waals surface area contributed by atoms with Gasteiger partial charge in [-0.1, -0.05) is 12.1 Å². The molecule has 1 amide bonds. The molecule has 1 aromatic rings. The highest BCUT2D eigenvalue weighted by Gasteiger charge is 2.20. The van der Waals surface area contributed by atoms with Crippen molar-refractivity contribution in [3.05, 3.63) is 29.8 Å². The number of amides is 1. The van der Waals surface area contributed by atoms with Gasteiger partial charge in [-0.15, -0.1) is 0 Å². The molecule has 5 heteroatoms. The minimum atomic E-state index is 0.293. The molecule has 0 radical (unpaired) electrons. The first kappa shape index (κ1) is 17.8. The highest BCUT2D eigenvalue weighted by atomic mass is 16.5. The van der Waals surface area contributed by atoms with Gasteiger partial charge < -0.3 is 15.0 Å². The van der Waals surface area contributed by atoms with Crippen molar-refractivity contribution >= 4 is 5.91 Å². The van der Waals surface area contributed by atoms with Crippen LogP contribution in [0.3, 0.4) is 0 Å². The zero-order chi connectivity index (χ0) is 16.5. The number of hydrogen-bond donors (Lipinski definition) is 1. The first-order chi connectivity index (χ1) is 11.2. The van der Waals surface area contributed by atoms with E-state index in [0.717, 1.165) is 51.4 Å². The summed E-state index contributed by atoms with van der Waals surface area (Å²) in [4.78, 5) is 16.5. The Bertz CT molecular complexity index is 468. The average Bonchev–Trinajstić information content (AvgIpc) is 2.58. The molecule has 1 heterocycles. The van der Waals surface area contributed by atoms with E-state index < -0.39 is 0 Å². The highest BCUT2D eigenvalue weighted by Crippen LogP contribution is 2.15. The molecule has 1 aliphatic heterocycles. The van der Waals surface area contributed by atoms with Gasteiger partial charge in [0, 0.05) is 39.1 Å². The van der Waals surface area contributed by atoms with Gasteiger partial charge in [0.05, 0.1) is 6.61 Å². The predicted molar refractivity (Wildman–Crippen MR) is 92.6 cm³/mol. The molecule has 0 spiro atoms. The molecule has 0 atom stereocenters. The molecular weight excluding hydrogens is 290 g/mol. The molecule has 0 unspecified atom stereocenters. The lowest BCUT2D eigenvalue weighted by Gasteiger charge is -2.34. The fourth-order valence-corrected chi connectivity index (χ4v) is 2.85. The topological polar surface area (TPSA) is 44.8 Å². The maximum atomic E-state index is 12.1. The molecule has 1 aliphatic rings. The van der Waals surface area contributed by atoms with E-state index in [2.05, 4.69) is 22.3 Å². The lowest BCUT2D eigenvalue weighted by Crippen LogP contribution is -2.48. The Morgan fingerprint density at radius 1 is 1.17 bits per heavy atom. The summed E-state index contributed by atoms with van der Waals surface area (Å²) < 4.78 is 5.47. The van der Waals surface area contributed by atoms with Crippen molar-refractivity contribution in [2.45, 2.75) is 26.3 Å². The first-order valence-electron chi connectivity index (χ1n) is 8.59. The molecule has 1 N–H and O–H groups in total. The number of carbonyl (C=O) groups excluding carboxylic acids is 1. The van der Waals surface area contributed by atoms with E-state index in [1.807, 2.05) is 31.0 Å². The molecule has 0 bridgehead atoms. The molecule has 1 saturated heterocycles. The number of carbonyl (C=O) groups is 1. The summed E-state index contributed by atoms with van der Waals surface area (Å²) in [6.45, 7) is 8.12. The number of benzene rings is 1. The Morgan fingerprint density at radius 2 is 1.87 bits per heavy atom. The van der Waals surface area contributed by atoms with Crippen LogP contribution >= 0.6 is 0 Å². The Morgan fingerprint density at radius 3 is 2.48 bits per heavy atom. The molecule has 0 aromatic heterocycles. The van der Waals surface area contributed by atoms with Crippen molar-refractivity contribution in [3.63, 3.8) is 0 Å².